The molecule has 1 aliphatic heterocycles. The van der Waals surface area contributed by atoms with Crippen molar-refractivity contribution in [3.63, 3.8) is 0 Å². The minimum atomic E-state index is -1.06. The van der Waals surface area contributed by atoms with Crippen LogP contribution in [0.3, 0.4) is 0 Å². The number of fused-ring (bicyclic) bond motifs is 1. The fraction of sp³-hybridized carbons (Fsp3) is 0.462. The molecule has 0 aliphatic carbocycles. The number of carboxylic acids is 1. The first-order valence-electron chi connectivity index (χ1n) is 6.47. The van der Waals surface area contributed by atoms with Gasteiger partial charge in [0.1, 0.15) is 6.54 Å². The van der Waals surface area contributed by atoms with E-state index in [2.05, 4.69) is 5.32 Å². The molecule has 8 heteroatoms. The van der Waals surface area contributed by atoms with Crippen LogP contribution >= 0.6 is 11.3 Å². The average Bonchev–Trinajstić information content (AvgIpc) is 2.92. The number of carbonyl (C=O) groups is 3. The van der Waals surface area contributed by atoms with E-state index in [4.69, 9.17) is 0 Å². The summed E-state index contributed by atoms with van der Waals surface area (Å²) in [5.41, 5.74) is 0.667. The van der Waals surface area contributed by atoms with Crippen molar-refractivity contribution in [3.05, 3.63) is 21.9 Å². The molecule has 114 valence electrons. The molecule has 0 saturated heterocycles. The molecule has 1 unspecified atom stereocenters. The van der Waals surface area contributed by atoms with Crippen LogP contribution in [-0.2, 0) is 16.0 Å². The molecule has 3 amide bonds. The first-order chi connectivity index (χ1) is 9.95. The third-order valence-electron chi connectivity index (χ3n) is 3.43. The minimum absolute atomic E-state index is 0.103. The Balaban J connectivity index is 2.21. The van der Waals surface area contributed by atoms with Crippen LogP contribution in [0.1, 0.15) is 16.5 Å². The molecule has 1 aliphatic rings. The second-order valence-electron chi connectivity index (χ2n) is 4.80. The number of hydrogen-bond acceptors (Lipinski definition) is 4. The molecule has 1 aromatic rings. The predicted octanol–water partition coefficient (Wildman–Crippen LogP) is 0.530. The molecule has 7 nitrogen and oxygen atoms in total. The molecular formula is C13H17N3O4S. The third-order valence-corrected chi connectivity index (χ3v) is 4.43. The Hall–Kier alpha value is -2.09. The normalized spacial score (nSPS) is 17.0. The number of carboxylic acid groups (broad SMARTS) is 1. The summed E-state index contributed by atoms with van der Waals surface area (Å²) >= 11 is 1.50. The Morgan fingerprint density at radius 1 is 1.52 bits per heavy atom. The fourth-order valence-corrected chi connectivity index (χ4v) is 3.27. The molecule has 0 fully saturated rings. The summed E-state index contributed by atoms with van der Waals surface area (Å²) in [5, 5.41) is 13.7. The van der Waals surface area contributed by atoms with E-state index < -0.39 is 18.0 Å². The van der Waals surface area contributed by atoms with E-state index in [-0.39, 0.29) is 12.5 Å². The van der Waals surface area contributed by atoms with Crippen LogP contribution in [0.2, 0.25) is 0 Å². The highest BCUT2D eigenvalue weighted by atomic mass is 32.1. The number of carbonyl (C=O) groups excluding carboxylic acids is 2. The van der Waals surface area contributed by atoms with Crippen LogP contribution in [-0.4, -0.2) is 60.0 Å². The second-order valence-corrected chi connectivity index (χ2v) is 5.80. The zero-order chi connectivity index (χ0) is 15.6. The predicted molar refractivity (Wildman–Crippen MR) is 77.2 cm³/mol. The van der Waals surface area contributed by atoms with Gasteiger partial charge in [-0.3, -0.25) is 4.79 Å². The largest absolute Gasteiger partial charge is 0.479 e. The molecule has 1 aromatic heterocycles. The number of nitrogens with zero attached hydrogens (tertiary/aromatic N) is 2. The quantitative estimate of drug-likeness (QED) is 0.852. The van der Waals surface area contributed by atoms with E-state index in [0.717, 1.165) is 4.88 Å². The number of likely N-dealkylation sites (N-methyl/N-ethyl adjacent to an activating group) is 2. The summed E-state index contributed by atoms with van der Waals surface area (Å²) in [6.07, 6.45) is 0.635. The zero-order valence-electron chi connectivity index (χ0n) is 11.8. The van der Waals surface area contributed by atoms with Crippen molar-refractivity contribution in [2.75, 3.05) is 27.2 Å². The van der Waals surface area contributed by atoms with Crippen molar-refractivity contribution in [3.8, 4) is 0 Å². The summed E-state index contributed by atoms with van der Waals surface area (Å²) in [6.45, 7) is 0.232. The van der Waals surface area contributed by atoms with E-state index >= 15 is 0 Å². The molecule has 2 N–H and O–H groups in total. The number of aliphatic carboxylic acids is 1. The van der Waals surface area contributed by atoms with Gasteiger partial charge in [-0.2, -0.15) is 0 Å². The lowest BCUT2D eigenvalue weighted by Gasteiger charge is -2.35. The molecule has 0 saturated carbocycles. The van der Waals surface area contributed by atoms with Gasteiger partial charge in [-0.15, -0.1) is 11.3 Å². The summed E-state index contributed by atoms with van der Waals surface area (Å²) in [5.74, 6) is -1.36. The second kappa shape index (κ2) is 6.13. The summed E-state index contributed by atoms with van der Waals surface area (Å²) in [7, 11) is 2.97. The van der Waals surface area contributed by atoms with Gasteiger partial charge in [0, 0.05) is 25.5 Å². The first-order valence-corrected chi connectivity index (χ1v) is 7.35. The van der Waals surface area contributed by atoms with E-state index in [9.17, 15) is 19.5 Å². The lowest BCUT2D eigenvalue weighted by Crippen LogP contribution is -2.50. The molecule has 0 spiro atoms. The summed E-state index contributed by atoms with van der Waals surface area (Å²) in [6, 6.07) is 0.305. The van der Waals surface area contributed by atoms with Gasteiger partial charge in [0.15, 0.2) is 6.04 Å². The van der Waals surface area contributed by atoms with Gasteiger partial charge in [0.25, 0.3) is 0 Å². The number of thiophene rings is 1. The van der Waals surface area contributed by atoms with E-state index in [1.54, 1.807) is 6.07 Å². The standard InChI is InChI=1S/C13H17N3O4S/c1-14-10(17)7-15(2)13(20)16-5-3-9-8(4-6-21-9)11(16)12(18)19/h4,6,11H,3,5,7H2,1-2H3,(H,14,17)(H,18,19). The van der Waals surface area contributed by atoms with Gasteiger partial charge in [0.05, 0.1) is 0 Å². The van der Waals surface area contributed by atoms with Gasteiger partial charge in [-0.05, 0) is 23.4 Å². The topological polar surface area (TPSA) is 90.0 Å². The Morgan fingerprint density at radius 3 is 2.86 bits per heavy atom. The highest BCUT2D eigenvalue weighted by Gasteiger charge is 2.37. The molecule has 0 radical (unpaired) electrons. The fourth-order valence-electron chi connectivity index (χ4n) is 2.37. The Kier molecular flexibility index (Phi) is 4.46. The van der Waals surface area contributed by atoms with Crippen molar-refractivity contribution in [1.82, 2.24) is 15.1 Å². The number of amides is 3. The Bertz CT molecular complexity index is 572. The van der Waals surface area contributed by atoms with Crippen molar-refractivity contribution < 1.29 is 19.5 Å². The number of urea groups is 1. The lowest BCUT2D eigenvalue weighted by atomic mass is 10.0. The molecule has 0 bridgehead atoms. The maximum atomic E-state index is 12.4. The molecule has 2 heterocycles. The average molecular weight is 311 g/mol. The van der Waals surface area contributed by atoms with Gasteiger partial charge in [-0.25, -0.2) is 9.59 Å². The van der Waals surface area contributed by atoms with E-state index in [1.807, 2.05) is 5.38 Å². The minimum Gasteiger partial charge on any atom is -0.479 e. The smallest absolute Gasteiger partial charge is 0.331 e. The Labute approximate surface area is 126 Å². The Morgan fingerprint density at radius 2 is 2.24 bits per heavy atom. The molecule has 0 aromatic carbocycles. The monoisotopic (exact) mass is 311 g/mol. The van der Waals surface area contributed by atoms with Gasteiger partial charge in [0.2, 0.25) is 5.91 Å². The summed E-state index contributed by atoms with van der Waals surface area (Å²) in [4.78, 5) is 38.8. The number of rotatable bonds is 3. The SMILES string of the molecule is CNC(=O)CN(C)C(=O)N1CCc2sccc2C1C(=O)O. The van der Waals surface area contributed by atoms with E-state index in [0.29, 0.717) is 18.5 Å². The highest BCUT2D eigenvalue weighted by molar-refractivity contribution is 7.10. The highest BCUT2D eigenvalue weighted by Crippen LogP contribution is 2.33. The van der Waals surface area contributed by atoms with Gasteiger partial charge < -0.3 is 20.2 Å². The lowest BCUT2D eigenvalue weighted by molar-refractivity contribution is -0.143. The third kappa shape index (κ3) is 2.99. The van der Waals surface area contributed by atoms with Crippen molar-refractivity contribution in [2.45, 2.75) is 12.5 Å². The molecular weight excluding hydrogens is 294 g/mol. The molecule has 21 heavy (non-hydrogen) atoms. The first kappa shape index (κ1) is 15.3. The van der Waals surface area contributed by atoms with Crippen LogP contribution < -0.4 is 5.32 Å². The van der Waals surface area contributed by atoms with Crippen LogP contribution in [0, 0.1) is 0 Å². The maximum Gasteiger partial charge on any atom is 0.331 e. The van der Waals surface area contributed by atoms with Crippen molar-refractivity contribution >= 4 is 29.2 Å². The summed E-state index contributed by atoms with van der Waals surface area (Å²) < 4.78 is 0. The van der Waals surface area contributed by atoms with Crippen LogP contribution in [0.15, 0.2) is 11.4 Å². The van der Waals surface area contributed by atoms with E-state index in [1.165, 1.54) is 35.2 Å². The van der Waals surface area contributed by atoms with Gasteiger partial charge in [-0.1, -0.05) is 0 Å². The van der Waals surface area contributed by atoms with Crippen molar-refractivity contribution in [2.24, 2.45) is 0 Å². The zero-order valence-corrected chi connectivity index (χ0v) is 12.6. The van der Waals surface area contributed by atoms with Crippen LogP contribution in [0.4, 0.5) is 4.79 Å². The molecule has 2 rings (SSSR count). The number of nitrogens with one attached hydrogen (secondary N) is 1. The van der Waals surface area contributed by atoms with Gasteiger partial charge >= 0.3 is 12.0 Å². The maximum absolute atomic E-state index is 12.4. The van der Waals surface area contributed by atoms with Crippen molar-refractivity contribution in [1.29, 1.82) is 0 Å². The molecule has 1 atom stereocenters. The van der Waals surface area contributed by atoms with Crippen LogP contribution in [0.25, 0.3) is 0 Å². The van der Waals surface area contributed by atoms with Crippen LogP contribution in [0.5, 0.6) is 0 Å². The number of hydrogen-bond donors (Lipinski definition) is 2.